The van der Waals surface area contributed by atoms with Crippen LogP contribution in [-0.2, 0) is 11.3 Å². The van der Waals surface area contributed by atoms with Crippen molar-refractivity contribution in [3.05, 3.63) is 130 Å². The minimum absolute atomic E-state index is 0.0348. The van der Waals surface area contributed by atoms with Crippen LogP contribution >= 0.6 is 0 Å². The number of ether oxygens (including phenoxy) is 2. The molecule has 1 aliphatic carbocycles. The Morgan fingerprint density at radius 2 is 1.60 bits per heavy atom. The SMILES string of the molecule is O=C1c2c(OCc3ccccc3)c(=O)ccn2N(C2c3ccccc3-c3cnoc3-c3ccccc32)C2COCCN12. The van der Waals surface area contributed by atoms with E-state index in [9.17, 15) is 9.59 Å². The van der Waals surface area contributed by atoms with Gasteiger partial charge in [0.2, 0.25) is 5.43 Å². The van der Waals surface area contributed by atoms with Crippen molar-refractivity contribution in [2.24, 2.45) is 0 Å². The van der Waals surface area contributed by atoms with Gasteiger partial charge in [-0.15, -0.1) is 0 Å². The summed E-state index contributed by atoms with van der Waals surface area (Å²) in [5, 5.41) is 6.28. The number of benzene rings is 3. The predicted octanol–water partition coefficient (Wildman–Crippen LogP) is 4.60. The highest BCUT2D eigenvalue weighted by molar-refractivity contribution is 5.97. The second-order valence-electron chi connectivity index (χ2n) is 10.6. The Morgan fingerprint density at radius 3 is 2.43 bits per heavy atom. The molecule has 0 radical (unpaired) electrons. The lowest BCUT2D eigenvalue weighted by Crippen LogP contribution is -2.66. The highest BCUT2D eigenvalue weighted by Crippen LogP contribution is 2.48. The number of pyridine rings is 1. The van der Waals surface area contributed by atoms with Crippen LogP contribution in [0, 0.1) is 0 Å². The van der Waals surface area contributed by atoms with E-state index in [0.717, 1.165) is 33.4 Å². The summed E-state index contributed by atoms with van der Waals surface area (Å²) in [6.45, 7) is 1.27. The fourth-order valence-corrected chi connectivity index (χ4v) is 6.39. The van der Waals surface area contributed by atoms with Crippen LogP contribution in [0.25, 0.3) is 22.5 Å². The molecule has 1 saturated heterocycles. The van der Waals surface area contributed by atoms with Gasteiger partial charge in [0.15, 0.2) is 17.2 Å². The fraction of sp³-hybridized carbons (Fsp3) is 0.182. The molecular weight excluding hydrogens is 532 g/mol. The van der Waals surface area contributed by atoms with Gasteiger partial charge in [-0.2, -0.15) is 0 Å². The third kappa shape index (κ3) is 3.70. The zero-order valence-corrected chi connectivity index (χ0v) is 22.6. The average Bonchev–Trinajstić information content (AvgIpc) is 3.49. The van der Waals surface area contributed by atoms with E-state index in [4.69, 9.17) is 14.0 Å². The van der Waals surface area contributed by atoms with Gasteiger partial charge in [0, 0.05) is 29.9 Å². The molecule has 0 spiro atoms. The average molecular weight is 559 g/mol. The molecule has 1 amide bonds. The van der Waals surface area contributed by atoms with E-state index in [2.05, 4.69) is 28.4 Å². The van der Waals surface area contributed by atoms with Gasteiger partial charge in [0.1, 0.15) is 12.8 Å². The van der Waals surface area contributed by atoms with Crippen LogP contribution in [0.4, 0.5) is 0 Å². The third-order valence-electron chi connectivity index (χ3n) is 8.26. The number of morpholine rings is 1. The molecule has 0 saturated carbocycles. The molecule has 2 aliphatic heterocycles. The lowest BCUT2D eigenvalue weighted by atomic mass is 9.92. The summed E-state index contributed by atoms with van der Waals surface area (Å²) in [6, 6.07) is 27.0. The molecule has 0 bridgehead atoms. The van der Waals surface area contributed by atoms with Crippen molar-refractivity contribution in [3.8, 4) is 28.2 Å². The van der Waals surface area contributed by atoms with E-state index in [1.807, 2.05) is 60.7 Å². The zero-order valence-electron chi connectivity index (χ0n) is 22.6. The number of nitrogens with zero attached hydrogens (tertiary/aromatic N) is 4. The Morgan fingerprint density at radius 1 is 0.857 bits per heavy atom. The smallest absolute Gasteiger partial charge is 0.278 e. The van der Waals surface area contributed by atoms with Gasteiger partial charge >= 0.3 is 0 Å². The van der Waals surface area contributed by atoms with E-state index in [1.165, 1.54) is 6.07 Å². The van der Waals surface area contributed by atoms with E-state index >= 15 is 0 Å². The zero-order chi connectivity index (χ0) is 28.2. The number of carbonyl (C=O) groups is 1. The highest BCUT2D eigenvalue weighted by Gasteiger charge is 2.46. The molecule has 1 fully saturated rings. The molecule has 3 aromatic carbocycles. The molecular formula is C33H26N4O5. The second kappa shape index (κ2) is 9.74. The number of amides is 1. The molecule has 9 heteroatoms. The lowest BCUT2D eigenvalue weighted by molar-refractivity contribution is -0.0197. The number of carbonyl (C=O) groups excluding carboxylic acids is 1. The van der Waals surface area contributed by atoms with Gasteiger partial charge in [-0.05, 0) is 22.3 Å². The minimum Gasteiger partial charge on any atom is -0.482 e. The van der Waals surface area contributed by atoms with Crippen LogP contribution in [0.1, 0.15) is 33.2 Å². The first kappa shape index (κ1) is 24.6. The quantitative estimate of drug-likeness (QED) is 0.318. The fourth-order valence-electron chi connectivity index (χ4n) is 6.39. The molecule has 5 aromatic rings. The number of fused-ring (bicyclic) bond motifs is 7. The summed E-state index contributed by atoms with van der Waals surface area (Å²) in [7, 11) is 0. The maximum absolute atomic E-state index is 14.1. The van der Waals surface area contributed by atoms with Crippen molar-refractivity contribution in [2.75, 3.05) is 24.8 Å². The van der Waals surface area contributed by atoms with Crippen molar-refractivity contribution in [1.29, 1.82) is 0 Å². The van der Waals surface area contributed by atoms with Gasteiger partial charge in [0.05, 0.1) is 25.5 Å². The van der Waals surface area contributed by atoms with Crippen LogP contribution in [-0.4, -0.2) is 46.6 Å². The Hall–Kier alpha value is -5.15. The van der Waals surface area contributed by atoms with Crippen molar-refractivity contribution in [1.82, 2.24) is 14.7 Å². The van der Waals surface area contributed by atoms with E-state index in [1.54, 1.807) is 22.0 Å². The topological polar surface area (TPSA) is 90.0 Å². The molecule has 8 rings (SSSR count). The maximum Gasteiger partial charge on any atom is 0.278 e. The Labute approximate surface area is 241 Å². The Bertz CT molecular complexity index is 1820. The summed E-state index contributed by atoms with van der Waals surface area (Å²) >= 11 is 0. The monoisotopic (exact) mass is 558 g/mol. The highest BCUT2D eigenvalue weighted by atomic mass is 16.5. The third-order valence-corrected chi connectivity index (χ3v) is 8.26. The van der Waals surface area contributed by atoms with Crippen LogP contribution in [0.2, 0.25) is 0 Å². The Balaban J connectivity index is 1.36. The van der Waals surface area contributed by atoms with Gasteiger partial charge in [-0.1, -0.05) is 84.0 Å². The summed E-state index contributed by atoms with van der Waals surface area (Å²) in [4.78, 5) is 29.2. The summed E-state index contributed by atoms with van der Waals surface area (Å²) in [5.41, 5.74) is 5.56. The van der Waals surface area contributed by atoms with Crippen molar-refractivity contribution in [2.45, 2.75) is 18.8 Å². The van der Waals surface area contributed by atoms with Crippen LogP contribution in [0.3, 0.4) is 0 Å². The summed E-state index contributed by atoms with van der Waals surface area (Å²) < 4.78 is 19.7. The lowest BCUT2D eigenvalue weighted by Gasteiger charge is -2.51. The van der Waals surface area contributed by atoms with E-state index in [-0.39, 0.29) is 35.4 Å². The van der Waals surface area contributed by atoms with Gasteiger partial charge in [-0.3, -0.25) is 19.3 Å². The van der Waals surface area contributed by atoms with Crippen LogP contribution < -0.4 is 15.2 Å². The molecule has 9 nitrogen and oxygen atoms in total. The summed E-state index contributed by atoms with van der Waals surface area (Å²) in [6.07, 6.45) is 2.99. The molecule has 208 valence electrons. The first-order valence-corrected chi connectivity index (χ1v) is 13.9. The van der Waals surface area contributed by atoms with Gasteiger partial charge < -0.3 is 18.9 Å². The van der Waals surface area contributed by atoms with E-state index in [0.29, 0.717) is 25.5 Å². The molecule has 2 unspecified atom stereocenters. The first-order valence-electron chi connectivity index (χ1n) is 13.9. The summed E-state index contributed by atoms with van der Waals surface area (Å²) in [5.74, 6) is 0.469. The predicted molar refractivity (Wildman–Crippen MR) is 155 cm³/mol. The molecule has 0 N–H and O–H groups in total. The normalized spacial score (nSPS) is 18.7. The number of hydrogen-bond acceptors (Lipinski definition) is 7. The van der Waals surface area contributed by atoms with Crippen molar-refractivity contribution < 1.29 is 18.8 Å². The number of hydrogen-bond donors (Lipinski definition) is 0. The largest absolute Gasteiger partial charge is 0.482 e. The molecule has 3 aliphatic rings. The first-order chi connectivity index (χ1) is 20.7. The molecule has 4 heterocycles. The number of aromatic nitrogens is 2. The standard InChI is InChI=1S/C33H26N4O5/c38-27-14-15-36-30(32(27)41-19-21-8-2-1-3-9-21)33(39)35-16-17-40-20-28(35)37(36)29-23-11-5-4-10-22(23)26-18-34-42-31(26)25-13-7-6-12-24(25)29/h1-15,18,28-29H,16-17,19-20H2. The van der Waals surface area contributed by atoms with Crippen LogP contribution in [0.5, 0.6) is 5.75 Å². The number of rotatable bonds is 4. The van der Waals surface area contributed by atoms with Crippen molar-refractivity contribution >= 4 is 5.91 Å². The Kier molecular flexibility index (Phi) is 5.71. The molecule has 42 heavy (non-hydrogen) atoms. The van der Waals surface area contributed by atoms with Crippen LogP contribution in [0.15, 0.2) is 107 Å². The minimum atomic E-state index is -0.433. The van der Waals surface area contributed by atoms with Crippen molar-refractivity contribution in [3.63, 3.8) is 0 Å². The van der Waals surface area contributed by atoms with Gasteiger partial charge in [0.25, 0.3) is 5.91 Å². The second-order valence-corrected chi connectivity index (χ2v) is 10.6. The molecule has 2 atom stereocenters. The van der Waals surface area contributed by atoms with Gasteiger partial charge in [-0.25, -0.2) is 0 Å². The van der Waals surface area contributed by atoms with E-state index < -0.39 is 6.17 Å². The molecule has 2 aromatic heterocycles. The maximum atomic E-state index is 14.1.